The van der Waals surface area contributed by atoms with Crippen LogP contribution in [0.15, 0.2) is 0 Å². The maximum Gasteiger partial charge on any atom is 0.245 e. The Kier molecular flexibility index (Phi) is 5.25. The van der Waals surface area contributed by atoms with Crippen molar-refractivity contribution in [2.24, 2.45) is 11.8 Å². The van der Waals surface area contributed by atoms with E-state index < -0.39 is 0 Å². The van der Waals surface area contributed by atoms with E-state index in [0.717, 1.165) is 25.9 Å². The monoisotopic (exact) mass is 295 g/mol. The SMILES string of the molecule is CC(C)CC1NC(=O)CCN(C2CCN(C)CC2C)C1=O. The van der Waals surface area contributed by atoms with Gasteiger partial charge in [0.1, 0.15) is 6.04 Å². The highest BCUT2D eigenvalue weighted by molar-refractivity contribution is 5.90. The molecule has 0 spiro atoms. The second kappa shape index (κ2) is 6.77. The molecule has 0 saturated carbocycles. The minimum absolute atomic E-state index is 0.0112. The van der Waals surface area contributed by atoms with E-state index in [9.17, 15) is 9.59 Å². The molecule has 5 heteroatoms. The van der Waals surface area contributed by atoms with Gasteiger partial charge < -0.3 is 15.1 Å². The van der Waals surface area contributed by atoms with E-state index >= 15 is 0 Å². The smallest absolute Gasteiger partial charge is 0.245 e. The summed E-state index contributed by atoms with van der Waals surface area (Å²) in [5, 5.41) is 2.91. The van der Waals surface area contributed by atoms with Crippen LogP contribution in [0.25, 0.3) is 0 Å². The molecule has 3 atom stereocenters. The highest BCUT2D eigenvalue weighted by Gasteiger charge is 2.37. The fourth-order valence-electron chi connectivity index (χ4n) is 3.63. The fourth-order valence-corrected chi connectivity index (χ4v) is 3.63. The summed E-state index contributed by atoms with van der Waals surface area (Å²) in [6, 6.07) is -0.0667. The fraction of sp³-hybridized carbons (Fsp3) is 0.875. The first kappa shape index (κ1) is 16.3. The summed E-state index contributed by atoms with van der Waals surface area (Å²) in [6.07, 6.45) is 2.16. The highest BCUT2D eigenvalue weighted by atomic mass is 16.2. The van der Waals surface area contributed by atoms with Crippen LogP contribution in [-0.2, 0) is 9.59 Å². The van der Waals surface area contributed by atoms with Crippen molar-refractivity contribution in [3.8, 4) is 0 Å². The molecule has 1 N–H and O–H groups in total. The van der Waals surface area contributed by atoms with Gasteiger partial charge in [-0.05, 0) is 38.3 Å². The van der Waals surface area contributed by atoms with Crippen LogP contribution < -0.4 is 5.32 Å². The number of nitrogens with zero attached hydrogens (tertiary/aromatic N) is 2. The average Bonchev–Trinajstić information content (AvgIpc) is 2.51. The quantitative estimate of drug-likeness (QED) is 0.848. The Labute approximate surface area is 128 Å². The van der Waals surface area contributed by atoms with Crippen LogP contribution in [0.3, 0.4) is 0 Å². The van der Waals surface area contributed by atoms with Crippen LogP contribution in [0.4, 0.5) is 0 Å². The molecule has 2 aliphatic rings. The molecule has 5 nitrogen and oxygen atoms in total. The molecule has 0 bridgehead atoms. The molecule has 2 fully saturated rings. The van der Waals surface area contributed by atoms with Crippen LogP contribution in [0.1, 0.15) is 40.0 Å². The number of likely N-dealkylation sites (tertiary alicyclic amines) is 1. The summed E-state index contributed by atoms with van der Waals surface area (Å²) in [5.74, 6) is 0.989. The molecule has 0 aromatic heterocycles. The van der Waals surface area contributed by atoms with Crippen LogP contribution in [0, 0.1) is 11.8 Å². The zero-order valence-corrected chi connectivity index (χ0v) is 13.8. The molecule has 0 aliphatic carbocycles. The zero-order valence-electron chi connectivity index (χ0n) is 13.8. The molecule has 2 amide bonds. The largest absolute Gasteiger partial charge is 0.344 e. The van der Waals surface area contributed by atoms with Crippen molar-refractivity contribution in [2.75, 3.05) is 26.7 Å². The topological polar surface area (TPSA) is 52.7 Å². The second-order valence-electron chi connectivity index (χ2n) is 7.13. The van der Waals surface area contributed by atoms with Crippen LogP contribution in [0.2, 0.25) is 0 Å². The summed E-state index contributed by atoms with van der Waals surface area (Å²) in [4.78, 5) is 29.0. The molecule has 0 aromatic rings. The van der Waals surface area contributed by atoms with Crippen molar-refractivity contribution in [1.82, 2.24) is 15.1 Å². The number of carbonyl (C=O) groups is 2. The molecule has 2 saturated heterocycles. The summed E-state index contributed by atoms with van der Waals surface area (Å²) in [7, 11) is 2.13. The number of hydrogen-bond acceptors (Lipinski definition) is 3. The van der Waals surface area contributed by atoms with Gasteiger partial charge in [-0.25, -0.2) is 0 Å². The second-order valence-corrected chi connectivity index (χ2v) is 7.13. The Morgan fingerprint density at radius 1 is 1.29 bits per heavy atom. The number of nitrogens with one attached hydrogen (secondary N) is 1. The number of rotatable bonds is 3. The third-order valence-electron chi connectivity index (χ3n) is 4.67. The van der Waals surface area contributed by atoms with E-state index in [2.05, 4.69) is 38.0 Å². The first-order chi connectivity index (χ1) is 9.88. The molecule has 0 radical (unpaired) electrons. The van der Waals surface area contributed by atoms with Crippen molar-refractivity contribution in [3.63, 3.8) is 0 Å². The van der Waals surface area contributed by atoms with Crippen LogP contribution in [-0.4, -0.2) is 60.4 Å². The van der Waals surface area contributed by atoms with Gasteiger partial charge in [0.25, 0.3) is 0 Å². The highest BCUT2D eigenvalue weighted by Crippen LogP contribution is 2.24. The van der Waals surface area contributed by atoms with Crippen molar-refractivity contribution >= 4 is 11.8 Å². The molecular weight excluding hydrogens is 266 g/mol. The third-order valence-corrected chi connectivity index (χ3v) is 4.67. The molecule has 2 rings (SSSR count). The van der Waals surface area contributed by atoms with Crippen molar-refractivity contribution in [1.29, 1.82) is 0 Å². The Morgan fingerprint density at radius 3 is 2.62 bits per heavy atom. The minimum atomic E-state index is -0.341. The van der Waals surface area contributed by atoms with Gasteiger partial charge in [0.2, 0.25) is 11.8 Å². The van der Waals surface area contributed by atoms with E-state index in [1.807, 2.05) is 4.90 Å². The molecule has 0 aromatic carbocycles. The average molecular weight is 295 g/mol. The van der Waals surface area contributed by atoms with Gasteiger partial charge in [0, 0.05) is 25.6 Å². The first-order valence-electron chi connectivity index (χ1n) is 8.17. The van der Waals surface area contributed by atoms with E-state index in [-0.39, 0.29) is 23.9 Å². The zero-order chi connectivity index (χ0) is 15.6. The lowest BCUT2D eigenvalue weighted by Gasteiger charge is -2.42. The predicted molar refractivity (Wildman–Crippen MR) is 82.8 cm³/mol. The molecule has 2 heterocycles. The van der Waals surface area contributed by atoms with Gasteiger partial charge in [-0.1, -0.05) is 20.8 Å². The van der Waals surface area contributed by atoms with Gasteiger partial charge in [0.15, 0.2) is 0 Å². The van der Waals surface area contributed by atoms with E-state index in [1.54, 1.807) is 0 Å². The minimum Gasteiger partial charge on any atom is -0.344 e. The van der Waals surface area contributed by atoms with E-state index in [1.165, 1.54) is 0 Å². The lowest BCUT2D eigenvalue weighted by molar-refractivity contribution is -0.138. The molecule has 2 aliphatic heterocycles. The van der Waals surface area contributed by atoms with Gasteiger partial charge in [-0.2, -0.15) is 0 Å². The molecule has 21 heavy (non-hydrogen) atoms. The summed E-state index contributed by atoms with van der Waals surface area (Å²) >= 11 is 0. The number of hydrogen-bond donors (Lipinski definition) is 1. The summed E-state index contributed by atoms with van der Waals surface area (Å²) < 4.78 is 0. The number of carbonyl (C=O) groups excluding carboxylic acids is 2. The van der Waals surface area contributed by atoms with Gasteiger partial charge in [-0.3, -0.25) is 9.59 Å². The van der Waals surface area contributed by atoms with Crippen LogP contribution >= 0.6 is 0 Å². The van der Waals surface area contributed by atoms with Crippen molar-refractivity contribution in [2.45, 2.75) is 52.1 Å². The summed E-state index contributed by atoms with van der Waals surface area (Å²) in [5.41, 5.74) is 0. The Bertz CT molecular complexity index is 397. The Balaban J connectivity index is 2.13. The Hall–Kier alpha value is -1.10. The summed E-state index contributed by atoms with van der Waals surface area (Å²) in [6.45, 7) is 9.00. The predicted octanol–water partition coefficient (Wildman–Crippen LogP) is 1.09. The van der Waals surface area contributed by atoms with Crippen LogP contribution in [0.5, 0.6) is 0 Å². The lowest BCUT2D eigenvalue weighted by Crippen LogP contribution is -2.54. The molecule has 3 unspecified atom stereocenters. The molecule has 120 valence electrons. The number of amides is 2. The normalized spacial score (nSPS) is 32.2. The first-order valence-corrected chi connectivity index (χ1v) is 8.17. The maximum absolute atomic E-state index is 12.9. The van der Waals surface area contributed by atoms with Gasteiger partial charge in [0.05, 0.1) is 0 Å². The Morgan fingerprint density at radius 2 is 2.00 bits per heavy atom. The van der Waals surface area contributed by atoms with E-state index in [0.29, 0.717) is 24.8 Å². The van der Waals surface area contributed by atoms with Crippen molar-refractivity contribution in [3.05, 3.63) is 0 Å². The van der Waals surface area contributed by atoms with Gasteiger partial charge in [-0.15, -0.1) is 0 Å². The van der Waals surface area contributed by atoms with Gasteiger partial charge >= 0.3 is 0 Å². The third kappa shape index (κ3) is 3.96. The maximum atomic E-state index is 12.9. The molecular formula is C16H29N3O2. The lowest BCUT2D eigenvalue weighted by atomic mass is 9.91. The van der Waals surface area contributed by atoms with E-state index in [4.69, 9.17) is 0 Å². The standard InChI is InChI=1S/C16H29N3O2/c1-11(2)9-13-16(21)19(8-6-15(20)17-13)14-5-7-18(4)10-12(14)3/h11-14H,5-10H2,1-4H3,(H,17,20). The van der Waals surface area contributed by atoms with Crippen molar-refractivity contribution < 1.29 is 9.59 Å². The number of piperidine rings is 1.